The Morgan fingerprint density at radius 2 is 2.31 bits per heavy atom. The molecule has 0 aliphatic carbocycles. The van der Waals surface area contributed by atoms with Gasteiger partial charge in [-0.05, 0) is 19.5 Å². The molecule has 0 aromatic rings. The van der Waals surface area contributed by atoms with Crippen LogP contribution in [-0.4, -0.2) is 48.7 Å². The second-order valence-corrected chi connectivity index (χ2v) is 3.29. The monoisotopic (exact) mass is 186 g/mol. The summed E-state index contributed by atoms with van der Waals surface area (Å²) in [5, 5.41) is 14.6. The first-order valence-corrected chi connectivity index (χ1v) is 4.72. The normalized spacial score (nSPS) is 21.4. The number of oxime groups is 1. The van der Waals surface area contributed by atoms with Crippen LogP contribution in [-0.2, 0) is 0 Å². The highest BCUT2D eigenvalue weighted by molar-refractivity contribution is 5.79. The molecule has 0 bridgehead atoms. The minimum absolute atomic E-state index is 0.317. The maximum absolute atomic E-state index is 8.35. The molecule has 0 aromatic carbocycles. The van der Waals surface area contributed by atoms with Gasteiger partial charge in [0.05, 0.1) is 0 Å². The van der Waals surface area contributed by atoms with Crippen LogP contribution in [0.1, 0.15) is 12.8 Å². The van der Waals surface area contributed by atoms with Crippen LogP contribution in [0.25, 0.3) is 0 Å². The molecule has 76 valence electrons. The van der Waals surface area contributed by atoms with Gasteiger partial charge in [-0.15, -0.1) is 0 Å². The van der Waals surface area contributed by atoms with E-state index in [1.54, 1.807) is 0 Å². The molecule has 0 atom stereocenters. The summed E-state index contributed by atoms with van der Waals surface area (Å²) in [7, 11) is 0. The Balaban J connectivity index is 2.19. The highest BCUT2D eigenvalue weighted by Gasteiger charge is 2.08. The summed E-state index contributed by atoms with van der Waals surface area (Å²) in [5.41, 5.74) is 5.39. The average Bonchev–Trinajstić information content (AvgIpc) is 2.42. The van der Waals surface area contributed by atoms with E-state index in [1.807, 2.05) is 0 Å². The third kappa shape index (κ3) is 4.10. The number of hydrogen-bond acceptors (Lipinski definition) is 4. The molecule has 0 aromatic heterocycles. The quantitative estimate of drug-likeness (QED) is 0.238. The molecule has 13 heavy (non-hydrogen) atoms. The molecule has 5 nitrogen and oxygen atoms in total. The first kappa shape index (κ1) is 10.3. The van der Waals surface area contributed by atoms with Gasteiger partial charge in [0.1, 0.15) is 5.84 Å². The van der Waals surface area contributed by atoms with Crippen molar-refractivity contribution in [3.63, 3.8) is 0 Å². The maximum Gasteiger partial charge on any atom is 0.140 e. The van der Waals surface area contributed by atoms with Gasteiger partial charge < -0.3 is 21.2 Å². The molecule has 0 amide bonds. The number of nitrogens with zero attached hydrogens (tertiary/aromatic N) is 2. The number of hydrogen-bond donors (Lipinski definition) is 3. The van der Waals surface area contributed by atoms with Crippen LogP contribution in [0.3, 0.4) is 0 Å². The molecule has 0 saturated carbocycles. The van der Waals surface area contributed by atoms with E-state index in [4.69, 9.17) is 10.9 Å². The first-order valence-electron chi connectivity index (χ1n) is 4.72. The lowest BCUT2D eigenvalue weighted by molar-refractivity contribution is 0.293. The Morgan fingerprint density at radius 3 is 3.08 bits per heavy atom. The predicted molar refractivity (Wildman–Crippen MR) is 52.0 cm³/mol. The molecule has 1 saturated heterocycles. The molecular formula is C8H18N4O. The molecule has 1 fully saturated rings. The lowest BCUT2D eigenvalue weighted by atomic mass is 10.3. The van der Waals surface area contributed by atoms with Crippen LogP contribution in [0.4, 0.5) is 0 Å². The van der Waals surface area contributed by atoms with Crippen molar-refractivity contribution in [2.45, 2.75) is 12.8 Å². The number of nitrogens with two attached hydrogens (primary N) is 1. The molecule has 1 heterocycles. The van der Waals surface area contributed by atoms with Crippen LogP contribution >= 0.6 is 0 Å². The van der Waals surface area contributed by atoms with E-state index in [9.17, 15) is 0 Å². The number of rotatable bonds is 3. The molecule has 0 radical (unpaired) electrons. The van der Waals surface area contributed by atoms with Crippen LogP contribution in [0, 0.1) is 0 Å². The van der Waals surface area contributed by atoms with Crippen molar-refractivity contribution < 1.29 is 5.21 Å². The third-order valence-corrected chi connectivity index (χ3v) is 2.25. The standard InChI is InChI=1S/C8H18N4O/c9-8(11-13)2-6-12-5-1-3-10-4-7-12/h10,13H,1-7H2,(H2,9,11). The van der Waals surface area contributed by atoms with Gasteiger partial charge in [-0.2, -0.15) is 0 Å². The average molecular weight is 186 g/mol. The maximum atomic E-state index is 8.35. The molecule has 5 heteroatoms. The van der Waals surface area contributed by atoms with E-state index < -0.39 is 0 Å². The molecule has 4 N–H and O–H groups in total. The van der Waals surface area contributed by atoms with Crippen LogP contribution in [0.15, 0.2) is 5.16 Å². The van der Waals surface area contributed by atoms with Crippen molar-refractivity contribution in [1.29, 1.82) is 0 Å². The minimum atomic E-state index is 0.317. The molecule has 1 aliphatic heterocycles. The van der Waals surface area contributed by atoms with Crippen molar-refractivity contribution in [2.75, 3.05) is 32.7 Å². The molecule has 1 aliphatic rings. The van der Waals surface area contributed by atoms with Gasteiger partial charge in [-0.3, -0.25) is 0 Å². The third-order valence-electron chi connectivity index (χ3n) is 2.25. The van der Waals surface area contributed by atoms with Crippen molar-refractivity contribution in [3.8, 4) is 0 Å². The van der Waals surface area contributed by atoms with Crippen molar-refractivity contribution in [2.24, 2.45) is 10.9 Å². The second-order valence-electron chi connectivity index (χ2n) is 3.29. The van der Waals surface area contributed by atoms with Gasteiger partial charge in [-0.1, -0.05) is 5.16 Å². The summed E-state index contributed by atoms with van der Waals surface area (Å²) in [5.74, 6) is 0.317. The summed E-state index contributed by atoms with van der Waals surface area (Å²) in [6.07, 6.45) is 1.83. The molecule has 0 unspecified atom stereocenters. The van der Waals surface area contributed by atoms with Gasteiger partial charge in [-0.25, -0.2) is 0 Å². The summed E-state index contributed by atoms with van der Waals surface area (Å²) >= 11 is 0. The lowest BCUT2D eigenvalue weighted by Crippen LogP contribution is -2.31. The van der Waals surface area contributed by atoms with E-state index in [1.165, 1.54) is 6.42 Å². The number of nitrogens with one attached hydrogen (secondary N) is 1. The Kier molecular flexibility index (Phi) is 4.56. The predicted octanol–water partition coefficient (Wildman–Crippen LogP) is -0.582. The van der Waals surface area contributed by atoms with Crippen LogP contribution < -0.4 is 11.1 Å². The summed E-state index contributed by atoms with van der Waals surface area (Å²) in [6, 6.07) is 0. The van der Waals surface area contributed by atoms with Crippen molar-refractivity contribution in [1.82, 2.24) is 10.2 Å². The van der Waals surface area contributed by atoms with Crippen LogP contribution in [0.5, 0.6) is 0 Å². The van der Waals surface area contributed by atoms with Gasteiger partial charge in [0.25, 0.3) is 0 Å². The topological polar surface area (TPSA) is 73.9 Å². The smallest absolute Gasteiger partial charge is 0.140 e. The van der Waals surface area contributed by atoms with Crippen molar-refractivity contribution >= 4 is 5.84 Å². The first-order chi connectivity index (χ1) is 6.33. The van der Waals surface area contributed by atoms with E-state index in [2.05, 4.69) is 15.4 Å². The zero-order chi connectivity index (χ0) is 9.52. The summed E-state index contributed by atoms with van der Waals surface area (Å²) < 4.78 is 0. The Hall–Kier alpha value is -0.810. The molecule has 1 rings (SSSR count). The Bertz CT molecular complexity index is 164. The van der Waals surface area contributed by atoms with Crippen molar-refractivity contribution in [3.05, 3.63) is 0 Å². The fraction of sp³-hybridized carbons (Fsp3) is 0.875. The van der Waals surface area contributed by atoms with Gasteiger partial charge >= 0.3 is 0 Å². The van der Waals surface area contributed by atoms with Crippen LogP contribution in [0.2, 0.25) is 0 Å². The highest BCUT2D eigenvalue weighted by atomic mass is 16.4. The van der Waals surface area contributed by atoms with Gasteiger partial charge in [0.15, 0.2) is 0 Å². The SMILES string of the molecule is N/C(CCN1CCCNCC1)=N\O. The van der Waals surface area contributed by atoms with E-state index in [0.717, 1.165) is 32.7 Å². The lowest BCUT2D eigenvalue weighted by Gasteiger charge is -2.18. The highest BCUT2D eigenvalue weighted by Crippen LogP contribution is 1.96. The number of amidine groups is 1. The molecule has 0 spiro atoms. The Morgan fingerprint density at radius 1 is 1.46 bits per heavy atom. The van der Waals surface area contributed by atoms with Gasteiger partial charge in [0.2, 0.25) is 0 Å². The Labute approximate surface area is 78.6 Å². The zero-order valence-electron chi connectivity index (χ0n) is 7.87. The largest absolute Gasteiger partial charge is 0.409 e. The van der Waals surface area contributed by atoms with E-state index >= 15 is 0 Å². The fourth-order valence-electron chi connectivity index (χ4n) is 1.45. The second kappa shape index (κ2) is 5.77. The van der Waals surface area contributed by atoms with E-state index in [-0.39, 0.29) is 0 Å². The van der Waals surface area contributed by atoms with E-state index in [0.29, 0.717) is 12.3 Å². The minimum Gasteiger partial charge on any atom is -0.409 e. The fourth-order valence-corrected chi connectivity index (χ4v) is 1.45. The summed E-state index contributed by atoms with van der Waals surface area (Å²) in [4.78, 5) is 2.33. The van der Waals surface area contributed by atoms with Gasteiger partial charge in [0, 0.05) is 26.1 Å². The summed E-state index contributed by atoms with van der Waals surface area (Å²) in [6.45, 7) is 5.18. The zero-order valence-corrected chi connectivity index (χ0v) is 7.87. The molecular weight excluding hydrogens is 168 g/mol.